The average Bonchev–Trinajstić information content (AvgIpc) is 4.05. The van der Waals surface area contributed by atoms with E-state index in [1.807, 2.05) is 91.1 Å². The molecule has 4 aromatic carbocycles. The number of carboxylic acid groups (broad SMARTS) is 1. The number of aromatic nitrogens is 2. The minimum Gasteiger partial charge on any atom is -0.481 e. The molecular weight excluding hydrogens is 912 g/mol. The quantitative estimate of drug-likeness (QED) is 0.0975. The maximum atomic E-state index is 12.6. The normalized spacial score (nSPS) is 15.0. The number of carbonyl (C=O) groups excluding carboxylic acids is 4. The fourth-order valence-electron chi connectivity index (χ4n) is 6.44. The van der Waals surface area contributed by atoms with E-state index in [1.54, 1.807) is 29.2 Å². The van der Waals surface area contributed by atoms with Crippen molar-refractivity contribution < 1.29 is 38.6 Å². The number of ether oxygens (including phenoxy) is 2. The van der Waals surface area contributed by atoms with E-state index in [4.69, 9.17) is 19.4 Å². The Balaban J connectivity index is 0.000000290. The van der Waals surface area contributed by atoms with Crippen LogP contribution < -0.4 is 11.5 Å². The van der Waals surface area contributed by atoms with E-state index in [0.717, 1.165) is 63.3 Å². The number of aromatic amines is 1. The lowest BCUT2D eigenvalue weighted by Crippen LogP contribution is -2.47. The largest absolute Gasteiger partial charge is 0.481 e. The van der Waals surface area contributed by atoms with Gasteiger partial charge in [0.25, 0.3) is 5.97 Å². The van der Waals surface area contributed by atoms with Crippen LogP contribution in [-0.4, -0.2) is 80.4 Å². The number of ketones is 1. The Bertz CT molecular complexity index is 2150. The Labute approximate surface area is 372 Å². The number of halogens is 2. The Hall–Kier alpha value is -5.84. The van der Waals surface area contributed by atoms with Gasteiger partial charge in [0.15, 0.2) is 5.78 Å². The smallest absolute Gasteiger partial charge is 0.410 e. The second-order valence-corrected chi connectivity index (χ2v) is 15.5. The molecule has 2 saturated heterocycles. The van der Waals surface area contributed by atoms with Gasteiger partial charge in [-0.15, -0.1) is 0 Å². The van der Waals surface area contributed by atoms with E-state index in [-0.39, 0.29) is 57.2 Å². The molecule has 2 atom stereocenters. The highest BCUT2D eigenvalue weighted by Crippen LogP contribution is 2.32. The summed E-state index contributed by atoms with van der Waals surface area (Å²) in [5, 5.41) is 10.1. The lowest BCUT2D eigenvalue weighted by molar-refractivity contribution is -0.134. The van der Waals surface area contributed by atoms with Crippen LogP contribution in [0.1, 0.15) is 73.4 Å². The fourth-order valence-corrected chi connectivity index (χ4v) is 6.97. The predicted molar refractivity (Wildman–Crippen MR) is 240 cm³/mol. The van der Waals surface area contributed by atoms with Gasteiger partial charge in [0.2, 0.25) is 5.91 Å². The molecule has 0 aliphatic carbocycles. The number of nitrogens with zero attached hydrogens (tertiary/aromatic N) is 3. The summed E-state index contributed by atoms with van der Waals surface area (Å²) in [5.74, 6) is -0.543. The molecule has 16 heteroatoms. The van der Waals surface area contributed by atoms with Gasteiger partial charge in [-0.2, -0.15) is 0 Å². The van der Waals surface area contributed by atoms with Gasteiger partial charge in [-0.1, -0.05) is 124 Å². The maximum Gasteiger partial charge on any atom is 0.410 e. The molecule has 1 aromatic heterocycles. The minimum atomic E-state index is -0.833. The summed E-state index contributed by atoms with van der Waals surface area (Å²) in [5.41, 5.74) is 4.40. The molecular formula is C45H52Br2N6O8. The third kappa shape index (κ3) is 15.3. The van der Waals surface area contributed by atoms with Crippen molar-refractivity contribution in [2.24, 2.45) is 0 Å². The Morgan fingerprint density at radius 2 is 1.25 bits per heavy atom. The van der Waals surface area contributed by atoms with Crippen LogP contribution in [0.4, 0.5) is 9.59 Å². The molecule has 2 aliphatic heterocycles. The standard InChI is InChI=1S/C21H20BrN3O2.C21H21BrN2O4.C2H4O2.CH4.H3N/c22-17-10-8-16(9-11-17)18-13-23-20(24-18)19-7-4-12-25(19)21(26)27-14-15-5-2-1-3-6-15;22-17-10-8-16(9-11-17)19(25)13-23-20(26)18-7-4-12-24(18)21(27)28-14-15-5-2-1-3-6-15;1-2(3)4;;/h1-3,5-6,8-11,13,19H,4,7,12,14H2,(H,23,24);1-3,5-6,8-11,18H,4,7,12-14H2,(H,23,26);1H3,(H,3,4);1H4;1H3/t19-;18-;;;/m00.../s1. The summed E-state index contributed by atoms with van der Waals surface area (Å²) in [7, 11) is 0. The van der Waals surface area contributed by atoms with Crippen molar-refractivity contribution in [3.63, 3.8) is 0 Å². The van der Waals surface area contributed by atoms with Gasteiger partial charge in [0, 0.05) is 34.5 Å². The van der Waals surface area contributed by atoms with Crippen molar-refractivity contribution >= 4 is 61.7 Å². The average molecular weight is 965 g/mol. The van der Waals surface area contributed by atoms with Crippen molar-refractivity contribution in [3.05, 3.63) is 147 Å². The molecule has 324 valence electrons. The van der Waals surface area contributed by atoms with Crippen molar-refractivity contribution in [3.8, 4) is 11.3 Å². The number of amides is 3. The monoisotopic (exact) mass is 962 g/mol. The van der Waals surface area contributed by atoms with Crippen molar-refractivity contribution in [2.45, 2.75) is 65.3 Å². The summed E-state index contributed by atoms with van der Waals surface area (Å²) in [6.45, 7) is 2.57. The van der Waals surface area contributed by atoms with E-state index in [2.05, 4.69) is 47.1 Å². The van der Waals surface area contributed by atoms with Crippen LogP contribution in [0.25, 0.3) is 11.3 Å². The van der Waals surface area contributed by atoms with Crippen LogP contribution in [0.5, 0.6) is 0 Å². The summed E-state index contributed by atoms with van der Waals surface area (Å²) in [4.78, 5) is 69.8. The minimum absolute atomic E-state index is 0. The lowest BCUT2D eigenvalue weighted by Gasteiger charge is -2.23. The number of aliphatic carboxylic acids is 1. The topological polar surface area (TPSA) is 206 Å². The molecule has 2 fully saturated rings. The van der Waals surface area contributed by atoms with E-state index < -0.39 is 18.1 Å². The molecule has 2 aliphatic rings. The zero-order valence-corrected chi connectivity index (χ0v) is 36.3. The number of imidazole rings is 1. The van der Waals surface area contributed by atoms with Gasteiger partial charge in [0.05, 0.1) is 24.5 Å². The van der Waals surface area contributed by atoms with Gasteiger partial charge in [-0.25, -0.2) is 14.6 Å². The first-order valence-corrected chi connectivity index (χ1v) is 20.6. The second-order valence-electron chi connectivity index (χ2n) is 13.6. The number of hydrogen-bond donors (Lipinski definition) is 4. The second kappa shape index (κ2) is 25.1. The van der Waals surface area contributed by atoms with Crippen molar-refractivity contribution in [2.75, 3.05) is 19.6 Å². The predicted octanol–water partition coefficient (Wildman–Crippen LogP) is 9.75. The van der Waals surface area contributed by atoms with Gasteiger partial charge < -0.3 is 31.0 Å². The van der Waals surface area contributed by atoms with Crippen LogP contribution in [0.3, 0.4) is 0 Å². The SMILES string of the molecule is C.CC(=O)O.N.O=C(CNC(=O)[C@@H]1CCCN1C(=O)OCc1ccccc1)c1ccc(Br)cc1.O=C(OCc1ccccc1)N1CCC[C@H]1c1ncc(-c2ccc(Br)cc2)[nH]1. The van der Waals surface area contributed by atoms with Crippen LogP contribution >= 0.6 is 31.9 Å². The molecule has 0 spiro atoms. The molecule has 7 rings (SSSR count). The zero-order valence-electron chi connectivity index (χ0n) is 33.1. The van der Waals surface area contributed by atoms with E-state index in [0.29, 0.717) is 25.1 Å². The third-order valence-electron chi connectivity index (χ3n) is 9.34. The Kier molecular flexibility index (Phi) is 20.3. The number of H-pyrrole nitrogens is 1. The number of carboxylic acids is 1. The molecule has 5 aromatic rings. The van der Waals surface area contributed by atoms with Crippen LogP contribution in [0.2, 0.25) is 0 Å². The number of nitrogens with one attached hydrogen (secondary N) is 2. The van der Waals surface area contributed by atoms with Crippen molar-refractivity contribution in [1.82, 2.24) is 31.2 Å². The summed E-state index contributed by atoms with van der Waals surface area (Å²) in [6.07, 6.45) is 4.12. The van der Waals surface area contributed by atoms with Crippen LogP contribution in [0, 0.1) is 0 Å². The molecule has 0 saturated carbocycles. The molecule has 0 radical (unpaired) electrons. The van der Waals surface area contributed by atoms with Crippen LogP contribution in [-0.2, 0) is 32.3 Å². The lowest BCUT2D eigenvalue weighted by atomic mass is 10.1. The maximum absolute atomic E-state index is 12.6. The molecule has 61 heavy (non-hydrogen) atoms. The van der Waals surface area contributed by atoms with Gasteiger partial charge in [-0.3, -0.25) is 24.2 Å². The Morgan fingerprint density at radius 1 is 0.754 bits per heavy atom. The first-order valence-electron chi connectivity index (χ1n) is 19.0. The highest BCUT2D eigenvalue weighted by molar-refractivity contribution is 9.10. The van der Waals surface area contributed by atoms with Crippen molar-refractivity contribution in [1.29, 1.82) is 0 Å². The fraction of sp³-hybridized carbons (Fsp3) is 0.289. The molecule has 6 N–H and O–H groups in total. The Morgan fingerprint density at radius 3 is 1.80 bits per heavy atom. The van der Waals surface area contributed by atoms with E-state index in [1.165, 1.54) is 4.90 Å². The number of Topliss-reactive ketones (excluding diaryl/α,β-unsaturated/α-hetero) is 1. The highest BCUT2D eigenvalue weighted by Gasteiger charge is 2.35. The molecule has 3 heterocycles. The van der Waals surface area contributed by atoms with Crippen LogP contribution in [0.15, 0.2) is 124 Å². The van der Waals surface area contributed by atoms with E-state index in [9.17, 15) is 19.2 Å². The summed E-state index contributed by atoms with van der Waals surface area (Å²) in [6, 6.07) is 33.4. The van der Waals surface area contributed by atoms with Gasteiger partial charge in [0.1, 0.15) is 25.1 Å². The molecule has 14 nitrogen and oxygen atoms in total. The number of rotatable bonds is 10. The number of carbonyl (C=O) groups is 5. The van der Waals surface area contributed by atoms with E-state index >= 15 is 0 Å². The highest BCUT2D eigenvalue weighted by atomic mass is 79.9. The molecule has 3 amide bonds. The number of benzene rings is 4. The third-order valence-corrected chi connectivity index (χ3v) is 10.4. The number of likely N-dealkylation sites (tertiary alicyclic amines) is 2. The zero-order chi connectivity index (χ0) is 42.1. The first-order chi connectivity index (χ1) is 28.5. The molecule has 0 unspecified atom stereocenters. The number of hydrogen-bond acceptors (Lipinski definition) is 9. The van der Waals surface area contributed by atoms with Gasteiger partial charge >= 0.3 is 12.2 Å². The molecule has 0 bridgehead atoms. The summed E-state index contributed by atoms with van der Waals surface area (Å²) >= 11 is 6.77. The first kappa shape index (κ1) is 49.5. The van der Waals surface area contributed by atoms with Gasteiger partial charge in [-0.05, 0) is 66.6 Å². The summed E-state index contributed by atoms with van der Waals surface area (Å²) < 4.78 is 12.8.